The monoisotopic (exact) mass is 265 g/mol. The van der Waals surface area contributed by atoms with E-state index in [1.165, 1.54) is 7.11 Å². The number of rotatable bonds is 7. The third-order valence-electron chi connectivity index (χ3n) is 2.77. The van der Waals surface area contributed by atoms with Gasteiger partial charge in [0.05, 0.1) is 13.5 Å². The van der Waals surface area contributed by atoms with Gasteiger partial charge in [-0.15, -0.1) is 0 Å². The largest absolute Gasteiger partial charge is 0.480 e. The summed E-state index contributed by atoms with van der Waals surface area (Å²) in [4.78, 5) is 22.2. The zero-order valence-corrected chi connectivity index (χ0v) is 11.1. The number of hydrogen-bond donors (Lipinski definition) is 2. The Bertz CT molecular complexity index is 419. The molecular formula is C14H19NO4. The van der Waals surface area contributed by atoms with Crippen LogP contribution in [-0.2, 0) is 20.7 Å². The van der Waals surface area contributed by atoms with Crippen molar-refractivity contribution in [2.45, 2.75) is 31.8 Å². The van der Waals surface area contributed by atoms with E-state index in [1.807, 2.05) is 37.3 Å². The zero-order chi connectivity index (χ0) is 14.3. The molecule has 1 rings (SSSR count). The average molecular weight is 265 g/mol. The first kappa shape index (κ1) is 15.2. The number of esters is 1. The fourth-order valence-electron chi connectivity index (χ4n) is 1.84. The van der Waals surface area contributed by atoms with E-state index in [-0.39, 0.29) is 12.5 Å². The van der Waals surface area contributed by atoms with Gasteiger partial charge in [0.1, 0.15) is 6.04 Å². The first-order valence-electron chi connectivity index (χ1n) is 6.12. The molecule has 104 valence electrons. The standard InChI is InChI=1S/C14H19NO4/c1-10(8-11-6-4-3-5-7-11)15-12(14(17)18)9-13(16)19-2/h3-7,10,12,15H,8-9H2,1-2H3,(H,17,18)/t10-,12+/m1/s1. The van der Waals surface area contributed by atoms with Crippen LogP contribution in [0.5, 0.6) is 0 Å². The first-order chi connectivity index (χ1) is 9.02. The molecule has 5 heteroatoms. The number of carbonyl (C=O) groups excluding carboxylic acids is 1. The Morgan fingerprint density at radius 1 is 1.32 bits per heavy atom. The van der Waals surface area contributed by atoms with E-state index in [0.29, 0.717) is 6.42 Å². The average Bonchev–Trinajstić information content (AvgIpc) is 2.38. The molecule has 1 aromatic carbocycles. The van der Waals surface area contributed by atoms with Gasteiger partial charge in [0.25, 0.3) is 0 Å². The molecule has 0 saturated carbocycles. The highest BCUT2D eigenvalue weighted by Crippen LogP contribution is 2.05. The highest BCUT2D eigenvalue weighted by molar-refractivity contribution is 5.81. The van der Waals surface area contributed by atoms with E-state index in [1.54, 1.807) is 0 Å². The summed E-state index contributed by atoms with van der Waals surface area (Å²) >= 11 is 0. The molecule has 0 aliphatic carbocycles. The topological polar surface area (TPSA) is 75.6 Å². The van der Waals surface area contributed by atoms with Gasteiger partial charge in [-0.3, -0.25) is 9.59 Å². The maximum Gasteiger partial charge on any atom is 0.321 e. The summed E-state index contributed by atoms with van der Waals surface area (Å²) in [7, 11) is 1.24. The molecule has 0 saturated heterocycles. The second kappa shape index (κ2) is 7.53. The summed E-state index contributed by atoms with van der Waals surface area (Å²) in [6.45, 7) is 1.89. The summed E-state index contributed by atoms with van der Waals surface area (Å²) in [6.07, 6.45) is 0.525. The molecule has 0 aliphatic heterocycles. The van der Waals surface area contributed by atoms with Crippen molar-refractivity contribution in [3.8, 4) is 0 Å². The number of nitrogens with one attached hydrogen (secondary N) is 1. The molecule has 0 radical (unpaired) electrons. The summed E-state index contributed by atoms with van der Waals surface area (Å²) in [5.41, 5.74) is 1.12. The van der Waals surface area contributed by atoms with Crippen LogP contribution in [0.3, 0.4) is 0 Å². The van der Waals surface area contributed by atoms with Crippen LogP contribution in [0, 0.1) is 0 Å². The van der Waals surface area contributed by atoms with Gasteiger partial charge in [-0.1, -0.05) is 30.3 Å². The Morgan fingerprint density at radius 2 is 1.95 bits per heavy atom. The molecule has 0 heterocycles. The Morgan fingerprint density at radius 3 is 2.47 bits per heavy atom. The number of hydrogen-bond acceptors (Lipinski definition) is 4. The van der Waals surface area contributed by atoms with E-state index in [4.69, 9.17) is 5.11 Å². The molecule has 0 amide bonds. The van der Waals surface area contributed by atoms with Crippen molar-refractivity contribution in [1.29, 1.82) is 0 Å². The van der Waals surface area contributed by atoms with E-state index in [0.717, 1.165) is 5.56 Å². The van der Waals surface area contributed by atoms with Crippen LogP contribution in [0.25, 0.3) is 0 Å². The number of carbonyl (C=O) groups is 2. The highest BCUT2D eigenvalue weighted by Gasteiger charge is 2.23. The van der Waals surface area contributed by atoms with Crippen molar-refractivity contribution >= 4 is 11.9 Å². The SMILES string of the molecule is COC(=O)C[C@H](N[C@H](C)Cc1ccccc1)C(=O)O. The Labute approximate surface area is 112 Å². The molecule has 1 aromatic rings. The number of methoxy groups -OCH3 is 1. The van der Waals surface area contributed by atoms with E-state index in [2.05, 4.69) is 10.1 Å². The number of ether oxygens (including phenoxy) is 1. The molecular weight excluding hydrogens is 246 g/mol. The van der Waals surface area contributed by atoms with Crippen molar-refractivity contribution in [2.75, 3.05) is 7.11 Å². The van der Waals surface area contributed by atoms with Crippen LogP contribution >= 0.6 is 0 Å². The summed E-state index contributed by atoms with van der Waals surface area (Å²) < 4.78 is 4.49. The number of carboxylic acids is 1. The quantitative estimate of drug-likeness (QED) is 0.725. The van der Waals surface area contributed by atoms with E-state index < -0.39 is 18.0 Å². The molecule has 5 nitrogen and oxygen atoms in total. The lowest BCUT2D eigenvalue weighted by Gasteiger charge is -2.19. The maximum atomic E-state index is 11.1. The van der Waals surface area contributed by atoms with Gasteiger partial charge in [0, 0.05) is 6.04 Å². The lowest BCUT2D eigenvalue weighted by atomic mass is 10.1. The van der Waals surface area contributed by atoms with E-state index in [9.17, 15) is 9.59 Å². The fourth-order valence-corrected chi connectivity index (χ4v) is 1.84. The van der Waals surface area contributed by atoms with Crippen LogP contribution in [0.1, 0.15) is 18.9 Å². The van der Waals surface area contributed by atoms with Crippen LogP contribution in [0.4, 0.5) is 0 Å². The first-order valence-corrected chi connectivity index (χ1v) is 6.12. The van der Waals surface area contributed by atoms with Gasteiger partial charge in [-0.2, -0.15) is 0 Å². The second-order valence-corrected chi connectivity index (χ2v) is 4.43. The van der Waals surface area contributed by atoms with Gasteiger partial charge < -0.3 is 15.2 Å². The molecule has 0 spiro atoms. The Hall–Kier alpha value is -1.88. The van der Waals surface area contributed by atoms with Crippen molar-refractivity contribution in [1.82, 2.24) is 5.32 Å². The lowest BCUT2D eigenvalue weighted by molar-refractivity contribution is -0.147. The van der Waals surface area contributed by atoms with Crippen LogP contribution in [-0.4, -0.2) is 36.2 Å². The molecule has 2 N–H and O–H groups in total. The molecule has 2 atom stereocenters. The van der Waals surface area contributed by atoms with Crippen molar-refractivity contribution in [3.05, 3.63) is 35.9 Å². The summed E-state index contributed by atoms with van der Waals surface area (Å²) in [5.74, 6) is -1.59. The molecule has 0 unspecified atom stereocenters. The predicted octanol–water partition coefficient (Wildman–Crippen LogP) is 1.22. The van der Waals surface area contributed by atoms with Gasteiger partial charge in [0.2, 0.25) is 0 Å². The molecule has 0 fully saturated rings. The van der Waals surface area contributed by atoms with Gasteiger partial charge in [-0.25, -0.2) is 0 Å². The van der Waals surface area contributed by atoms with Gasteiger partial charge >= 0.3 is 11.9 Å². The predicted molar refractivity (Wildman–Crippen MR) is 70.8 cm³/mol. The van der Waals surface area contributed by atoms with Crippen molar-refractivity contribution < 1.29 is 19.4 Å². The van der Waals surface area contributed by atoms with Crippen LogP contribution < -0.4 is 5.32 Å². The lowest BCUT2D eigenvalue weighted by Crippen LogP contribution is -2.44. The van der Waals surface area contributed by atoms with Gasteiger partial charge in [0.15, 0.2) is 0 Å². The summed E-state index contributed by atoms with van der Waals surface area (Å²) in [5, 5.41) is 12.0. The third-order valence-corrected chi connectivity index (χ3v) is 2.77. The van der Waals surface area contributed by atoms with Crippen LogP contribution in [0.15, 0.2) is 30.3 Å². The number of carboxylic acid groups (broad SMARTS) is 1. The zero-order valence-electron chi connectivity index (χ0n) is 11.1. The fraction of sp³-hybridized carbons (Fsp3) is 0.429. The normalized spacial score (nSPS) is 13.6. The maximum absolute atomic E-state index is 11.1. The van der Waals surface area contributed by atoms with Crippen LogP contribution in [0.2, 0.25) is 0 Å². The van der Waals surface area contributed by atoms with Crippen molar-refractivity contribution in [3.63, 3.8) is 0 Å². The minimum Gasteiger partial charge on any atom is -0.480 e. The number of aliphatic carboxylic acids is 1. The highest BCUT2D eigenvalue weighted by atomic mass is 16.5. The van der Waals surface area contributed by atoms with Crippen molar-refractivity contribution in [2.24, 2.45) is 0 Å². The van der Waals surface area contributed by atoms with E-state index >= 15 is 0 Å². The van der Waals surface area contributed by atoms with Gasteiger partial charge in [-0.05, 0) is 18.9 Å². The Balaban J connectivity index is 2.54. The third kappa shape index (κ3) is 5.52. The second-order valence-electron chi connectivity index (χ2n) is 4.43. The minimum absolute atomic E-state index is 0.0480. The molecule has 0 bridgehead atoms. The molecule has 19 heavy (non-hydrogen) atoms. The molecule has 0 aromatic heterocycles. The smallest absolute Gasteiger partial charge is 0.321 e. The number of benzene rings is 1. The Kier molecular flexibility index (Phi) is 6.02. The molecule has 0 aliphatic rings. The summed E-state index contributed by atoms with van der Waals surface area (Å²) in [6, 6.07) is 8.79. The minimum atomic E-state index is -1.05.